The Labute approximate surface area is 123 Å². The van der Waals surface area contributed by atoms with Crippen LogP contribution in [-0.2, 0) is 13.2 Å². The molecule has 0 amide bonds. The van der Waals surface area contributed by atoms with Crippen molar-refractivity contribution in [2.75, 3.05) is 18.2 Å². The minimum Gasteiger partial charge on any atom is -0.331 e. The Hall–Kier alpha value is -1.60. The predicted molar refractivity (Wildman–Crippen MR) is 81.2 cm³/mol. The Morgan fingerprint density at radius 2 is 1.57 bits per heavy atom. The molecular weight excluding hydrogens is 270 g/mol. The first-order valence-electron chi connectivity index (χ1n) is 7.47. The van der Waals surface area contributed by atoms with Gasteiger partial charge in [-0.1, -0.05) is 0 Å². The fraction of sp³-hybridized carbons (Fsp3) is 0.714. The highest BCUT2D eigenvalue weighted by Crippen LogP contribution is 2.28. The highest BCUT2D eigenvalue weighted by atomic mass is 16.2. The van der Waals surface area contributed by atoms with Gasteiger partial charge in [-0.15, -0.1) is 0 Å². The molecule has 7 nitrogen and oxygen atoms in total. The van der Waals surface area contributed by atoms with Crippen molar-refractivity contribution in [1.82, 2.24) is 19.4 Å². The van der Waals surface area contributed by atoms with E-state index in [4.69, 9.17) is 0 Å². The van der Waals surface area contributed by atoms with Crippen LogP contribution in [0.15, 0.2) is 9.59 Å². The van der Waals surface area contributed by atoms with Gasteiger partial charge in [0.15, 0.2) is 0 Å². The van der Waals surface area contributed by atoms with E-state index in [1.54, 1.807) is 4.57 Å². The van der Waals surface area contributed by atoms with Gasteiger partial charge in [0.1, 0.15) is 5.82 Å². The van der Waals surface area contributed by atoms with E-state index in [9.17, 15) is 9.59 Å². The lowest BCUT2D eigenvalue weighted by molar-refractivity contribution is 0.115. The highest BCUT2D eigenvalue weighted by molar-refractivity contribution is 5.49. The van der Waals surface area contributed by atoms with Gasteiger partial charge in [-0.25, -0.2) is 4.79 Å². The number of hydrogen-bond acceptors (Lipinski definition) is 5. The van der Waals surface area contributed by atoms with Crippen molar-refractivity contribution in [3.8, 4) is 0 Å². The molecule has 3 rings (SSSR count). The Morgan fingerprint density at radius 1 is 0.952 bits per heavy atom. The first-order chi connectivity index (χ1) is 9.88. The minimum absolute atomic E-state index is 0.250. The quantitative estimate of drug-likeness (QED) is 0.842. The third kappa shape index (κ3) is 2.30. The molecule has 1 N–H and O–H groups in total. The number of anilines is 1. The lowest BCUT2D eigenvalue weighted by Crippen LogP contribution is -2.58. The van der Waals surface area contributed by atoms with Gasteiger partial charge in [0.2, 0.25) is 0 Å². The molecule has 1 aromatic heterocycles. The number of aromatic amines is 1. The van der Waals surface area contributed by atoms with Gasteiger partial charge in [0.25, 0.3) is 5.56 Å². The summed E-state index contributed by atoms with van der Waals surface area (Å²) in [6, 6.07) is 0.696. The minimum atomic E-state index is -0.313. The molecule has 0 atom stereocenters. The molecule has 0 spiro atoms. The smallest absolute Gasteiger partial charge is 0.331 e. The molecule has 116 valence electrons. The first-order valence-corrected chi connectivity index (χ1v) is 7.47. The molecule has 0 aliphatic carbocycles. The van der Waals surface area contributed by atoms with Crippen LogP contribution in [-0.4, -0.2) is 44.8 Å². The van der Waals surface area contributed by atoms with Gasteiger partial charge in [0, 0.05) is 18.6 Å². The summed E-state index contributed by atoms with van der Waals surface area (Å²) in [5.41, 5.74) is 0.143. The summed E-state index contributed by atoms with van der Waals surface area (Å²) in [6.45, 7) is 11.1. The van der Waals surface area contributed by atoms with Gasteiger partial charge in [-0.05, 0) is 27.7 Å². The maximum atomic E-state index is 12.2. The van der Waals surface area contributed by atoms with E-state index in [1.807, 2.05) is 0 Å². The number of aromatic nitrogens is 2. The maximum absolute atomic E-state index is 12.2. The van der Waals surface area contributed by atoms with Crippen molar-refractivity contribution in [3.05, 3.63) is 26.4 Å². The molecule has 3 heterocycles. The second-order valence-electron chi connectivity index (χ2n) is 6.48. The highest BCUT2D eigenvalue weighted by Gasteiger charge is 2.34. The van der Waals surface area contributed by atoms with Gasteiger partial charge in [-0.2, -0.15) is 0 Å². The molecule has 0 fully saturated rings. The van der Waals surface area contributed by atoms with Crippen LogP contribution < -0.4 is 16.1 Å². The number of nitrogens with one attached hydrogen (secondary N) is 1. The van der Waals surface area contributed by atoms with Gasteiger partial charge in [0.05, 0.1) is 25.6 Å². The van der Waals surface area contributed by atoms with Gasteiger partial charge in [-0.3, -0.25) is 24.1 Å². The molecule has 1 aromatic rings. The second-order valence-corrected chi connectivity index (χ2v) is 6.48. The van der Waals surface area contributed by atoms with Crippen LogP contribution in [0.4, 0.5) is 5.82 Å². The molecule has 21 heavy (non-hydrogen) atoms. The predicted octanol–water partition coefficient (Wildman–Crippen LogP) is 0.164. The van der Waals surface area contributed by atoms with Crippen LogP contribution >= 0.6 is 0 Å². The zero-order chi connectivity index (χ0) is 15.3. The summed E-state index contributed by atoms with van der Waals surface area (Å²) in [5.74, 6) is 0.803. The summed E-state index contributed by atoms with van der Waals surface area (Å²) in [5, 5.41) is 0. The Morgan fingerprint density at radius 3 is 2.19 bits per heavy atom. The zero-order valence-corrected chi connectivity index (χ0v) is 13.1. The Kier molecular flexibility index (Phi) is 3.41. The monoisotopic (exact) mass is 293 g/mol. The number of nitrogens with zero attached hydrogens (tertiary/aromatic N) is 4. The fourth-order valence-corrected chi connectivity index (χ4v) is 3.01. The fourth-order valence-electron chi connectivity index (χ4n) is 3.01. The van der Waals surface area contributed by atoms with Crippen LogP contribution in [0.1, 0.15) is 33.3 Å². The standard InChI is InChI=1S/C14H23N5O2/c1-9(2)16-5-11-12(20)15-14(21)19-8-17(10(3)4)7-18(6-16)13(11)19/h9-10H,5-8H2,1-4H3,(H,15,20,21). The van der Waals surface area contributed by atoms with Crippen LogP contribution in [0.2, 0.25) is 0 Å². The van der Waals surface area contributed by atoms with Gasteiger partial charge < -0.3 is 4.90 Å². The molecule has 0 saturated carbocycles. The van der Waals surface area contributed by atoms with Crippen molar-refractivity contribution in [1.29, 1.82) is 0 Å². The summed E-state index contributed by atoms with van der Waals surface area (Å²) in [4.78, 5) is 33.4. The number of H-pyrrole nitrogens is 1. The summed E-state index contributed by atoms with van der Waals surface area (Å²) >= 11 is 0. The van der Waals surface area contributed by atoms with Crippen LogP contribution in [0.3, 0.4) is 0 Å². The number of hydrogen-bond donors (Lipinski definition) is 1. The van der Waals surface area contributed by atoms with Gasteiger partial charge >= 0.3 is 5.69 Å². The average molecular weight is 293 g/mol. The summed E-state index contributed by atoms with van der Waals surface area (Å²) < 4.78 is 1.69. The summed E-state index contributed by atoms with van der Waals surface area (Å²) in [6.07, 6.45) is 0. The van der Waals surface area contributed by atoms with Crippen LogP contribution in [0.25, 0.3) is 0 Å². The van der Waals surface area contributed by atoms with E-state index >= 15 is 0 Å². The molecule has 2 aliphatic rings. The molecule has 0 aromatic carbocycles. The largest absolute Gasteiger partial charge is 0.331 e. The third-order valence-corrected chi connectivity index (χ3v) is 4.41. The Balaban J connectivity index is 2.14. The second kappa shape index (κ2) is 4.99. The van der Waals surface area contributed by atoms with Crippen LogP contribution in [0, 0.1) is 0 Å². The summed E-state index contributed by atoms with van der Waals surface area (Å²) in [7, 11) is 0. The van der Waals surface area contributed by atoms with Crippen molar-refractivity contribution < 1.29 is 0 Å². The normalized spacial score (nSPS) is 19.4. The first kappa shape index (κ1) is 14.3. The lowest BCUT2D eigenvalue weighted by Gasteiger charge is -2.47. The molecule has 0 saturated heterocycles. The van der Waals surface area contributed by atoms with Crippen molar-refractivity contribution in [2.24, 2.45) is 0 Å². The van der Waals surface area contributed by atoms with E-state index < -0.39 is 0 Å². The van der Waals surface area contributed by atoms with Crippen molar-refractivity contribution in [2.45, 2.75) is 53.0 Å². The van der Waals surface area contributed by atoms with E-state index in [2.05, 4.69) is 47.4 Å². The average Bonchev–Trinajstić information content (AvgIpc) is 2.43. The van der Waals surface area contributed by atoms with E-state index in [1.165, 1.54) is 0 Å². The molecule has 0 bridgehead atoms. The van der Waals surface area contributed by atoms with Crippen molar-refractivity contribution in [3.63, 3.8) is 0 Å². The topological polar surface area (TPSA) is 64.6 Å². The lowest BCUT2D eigenvalue weighted by atomic mass is 10.1. The Bertz CT molecular complexity index is 608. The number of rotatable bonds is 2. The molecule has 2 aliphatic heterocycles. The molecule has 0 unspecified atom stereocenters. The van der Waals surface area contributed by atoms with E-state index in [-0.39, 0.29) is 11.2 Å². The third-order valence-electron chi connectivity index (χ3n) is 4.41. The molecule has 7 heteroatoms. The molecule has 0 radical (unpaired) electrons. The SMILES string of the molecule is CC(C)N1Cc2c3n(c(=O)[nH]c2=O)CN(C(C)C)CN3C1. The van der Waals surface area contributed by atoms with E-state index in [0.717, 1.165) is 19.2 Å². The molecular formula is C14H23N5O2. The van der Waals surface area contributed by atoms with Crippen molar-refractivity contribution >= 4 is 5.82 Å². The maximum Gasteiger partial charge on any atom is 0.331 e. The van der Waals surface area contributed by atoms with E-state index in [0.29, 0.717) is 30.9 Å². The van der Waals surface area contributed by atoms with Crippen LogP contribution in [0.5, 0.6) is 0 Å². The zero-order valence-electron chi connectivity index (χ0n) is 13.1.